The van der Waals surface area contributed by atoms with Gasteiger partial charge in [-0.25, -0.2) is 9.37 Å². The molecule has 4 aromatic carbocycles. The summed E-state index contributed by atoms with van der Waals surface area (Å²) in [6.45, 7) is 9.10. The number of methoxy groups -OCH3 is 1. The molecule has 3 saturated heterocycles. The van der Waals surface area contributed by atoms with Crippen molar-refractivity contribution in [3.05, 3.63) is 101 Å². The Hall–Kier alpha value is -6.36. The molecule has 2 unspecified atom stereocenters. The Morgan fingerprint density at radius 1 is 0.942 bits per heavy atom. The van der Waals surface area contributed by atoms with Crippen molar-refractivity contribution in [1.82, 2.24) is 34.9 Å². The standard InChI is InChI=1S/C50H56BrFN11O5P/c1-30(61-18-16-32(17-19-61)35-12-11-34(24-39(35)52)55-41-14-15-45(64)58-48(41)65)49(66)63-22-20-62(21-23-63)43-26-44(68-3)42(25-37(43)33-27-54-60(2)29-33)57-50-53-28-38(51)47(59-50)56-40-13-10-31-8-6-7-9-36(31)46(40)69(4,5)67/h6-13,24-30,32,41,55H,14-23H2,1-5H3,(H,58,64,65)(H2,53,56,57,59). The molecule has 3 aliphatic heterocycles. The van der Waals surface area contributed by atoms with Crippen LogP contribution in [0.1, 0.15) is 44.1 Å². The van der Waals surface area contributed by atoms with Crippen molar-refractivity contribution in [2.75, 3.05) is 80.6 Å². The van der Waals surface area contributed by atoms with Crippen LogP contribution in [0.4, 0.5) is 38.9 Å². The van der Waals surface area contributed by atoms with Crippen LogP contribution >= 0.6 is 23.1 Å². The molecule has 5 heterocycles. The fourth-order valence-corrected chi connectivity index (χ4v) is 11.5. The Bertz CT molecular complexity index is 2990. The molecule has 69 heavy (non-hydrogen) atoms. The smallest absolute Gasteiger partial charge is 0.249 e. The van der Waals surface area contributed by atoms with Gasteiger partial charge in [0.15, 0.2) is 0 Å². The molecular weight excluding hydrogens is 964 g/mol. The number of benzene rings is 4. The van der Waals surface area contributed by atoms with Crippen molar-refractivity contribution in [1.29, 1.82) is 0 Å². The highest BCUT2D eigenvalue weighted by molar-refractivity contribution is 9.10. The van der Waals surface area contributed by atoms with Gasteiger partial charge in [-0.15, -0.1) is 0 Å². The summed E-state index contributed by atoms with van der Waals surface area (Å²) in [4.78, 5) is 53.6. The van der Waals surface area contributed by atoms with Gasteiger partial charge in [0.2, 0.25) is 23.7 Å². The number of imide groups is 1. The number of halogens is 2. The maximum Gasteiger partial charge on any atom is 0.249 e. The average molecular weight is 1020 g/mol. The lowest BCUT2D eigenvalue weighted by atomic mass is 9.88. The molecule has 360 valence electrons. The highest BCUT2D eigenvalue weighted by Gasteiger charge is 2.34. The highest BCUT2D eigenvalue weighted by atomic mass is 79.9. The molecule has 3 amide bonds. The van der Waals surface area contributed by atoms with E-state index in [-0.39, 0.29) is 36.0 Å². The first-order chi connectivity index (χ1) is 33.1. The van der Waals surface area contributed by atoms with Crippen LogP contribution in [0.25, 0.3) is 21.9 Å². The molecule has 3 aliphatic rings. The minimum Gasteiger partial charge on any atom is -0.494 e. The number of aryl methyl sites for hydroxylation is 1. The minimum absolute atomic E-state index is 0.00922. The van der Waals surface area contributed by atoms with Crippen LogP contribution < -0.4 is 36.2 Å². The summed E-state index contributed by atoms with van der Waals surface area (Å²) >= 11 is 3.61. The Morgan fingerprint density at radius 3 is 2.41 bits per heavy atom. The van der Waals surface area contributed by atoms with E-state index < -0.39 is 19.1 Å². The monoisotopic (exact) mass is 1020 g/mol. The fourth-order valence-electron chi connectivity index (χ4n) is 9.75. The lowest BCUT2D eigenvalue weighted by Crippen LogP contribution is -2.55. The van der Waals surface area contributed by atoms with Crippen molar-refractivity contribution < 1.29 is 28.1 Å². The molecule has 4 N–H and O–H groups in total. The van der Waals surface area contributed by atoms with Gasteiger partial charge in [-0.1, -0.05) is 36.4 Å². The molecule has 19 heteroatoms. The zero-order valence-electron chi connectivity index (χ0n) is 39.3. The number of hydrogen-bond donors (Lipinski definition) is 4. The summed E-state index contributed by atoms with van der Waals surface area (Å²) in [6.07, 6.45) is 7.48. The van der Waals surface area contributed by atoms with Crippen LogP contribution in [-0.4, -0.2) is 119 Å². The van der Waals surface area contributed by atoms with E-state index in [1.807, 2.05) is 79.8 Å². The zero-order chi connectivity index (χ0) is 48.6. The number of likely N-dealkylation sites (tertiary alicyclic amines) is 1. The lowest BCUT2D eigenvalue weighted by molar-refractivity contribution is -0.137. The van der Waals surface area contributed by atoms with Gasteiger partial charge in [0, 0.05) is 85.9 Å². The number of ether oxygens (including phenoxy) is 1. The Morgan fingerprint density at radius 2 is 1.71 bits per heavy atom. The average Bonchev–Trinajstić information content (AvgIpc) is 3.78. The normalized spacial score (nSPS) is 17.7. The second-order valence-corrected chi connectivity index (χ2v) is 22.3. The van der Waals surface area contributed by atoms with E-state index in [2.05, 4.69) is 57.1 Å². The maximum absolute atomic E-state index is 15.5. The number of piperidine rings is 2. The third-order valence-corrected chi connectivity index (χ3v) is 15.5. The first kappa shape index (κ1) is 47.7. The third-order valence-electron chi connectivity index (χ3n) is 13.4. The number of carbonyl (C=O) groups is 3. The second-order valence-electron chi connectivity index (χ2n) is 18.3. The molecule has 0 saturated carbocycles. The van der Waals surface area contributed by atoms with Crippen molar-refractivity contribution in [2.45, 2.75) is 50.6 Å². The summed E-state index contributed by atoms with van der Waals surface area (Å²) in [6, 6.07) is 19.9. The fraction of sp³-hybridized carbons (Fsp3) is 0.360. The third kappa shape index (κ3) is 10.3. The van der Waals surface area contributed by atoms with Crippen molar-refractivity contribution in [2.24, 2.45) is 7.05 Å². The van der Waals surface area contributed by atoms with Gasteiger partial charge < -0.3 is 35.1 Å². The number of nitrogens with one attached hydrogen (secondary N) is 4. The van der Waals surface area contributed by atoms with Crippen molar-refractivity contribution >= 4 is 91.4 Å². The number of amides is 3. The minimum atomic E-state index is -2.73. The van der Waals surface area contributed by atoms with Crippen LogP contribution in [0.15, 0.2) is 89.8 Å². The second kappa shape index (κ2) is 19.9. The van der Waals surface area contributed by atoms with Gasteiger partial charge in [-0.3, -0.25) is 29.3 Å². The number of aromatic nitrogens is 4. The van der Waals surface area contributed by atoms with Gasteiger partial charge in [0.05, 0.1) is 35.2 Å². The predicted octanol–water partition coefficient (Wildman–Crippen LogP) is 7.81. The topological polar surface area (TPSA) is 179 Å². The SMILES string of the molecule is COc1cc(N2CCN(C(=O)C(C)N3CCC(c4ccc(NC5CCC(=O)NC5=O)cc4F)CC3)CC2)c(-c2cnn(C)c2)cc1Nc1ncc(Br)c(Nc2ccc3ccccc3c2P(C)(C)=O)n1. The Balaban J connectivity index is 0.860. The molecule has 9 rings (SSSR count). The number of piperazine rings is 1. The number of hydrogen-bond acceptors (Lipinski definition) is 13. The van der Waals surface area contributed by atoms with Crippen LogP contribution in [0.2, 0.25) is 0 Å². The summed E-state index contributed by atoms with van der Waals surface area (Å²) < 4.78 is 37.5. The van der Waals surface area contributed by atoms with Gasteiger partial charge in [-0.2, -0.15) is 10.1 Å². The van der Waals surface area contributed by atoms with Crippen LogP contribution in [0.3, 0.4) is 0 Å². The van der Waals surface area contributed by atoms with Crippen LogP contribution in [0.5, 0.6) is 5.75 Å². The molecule has 0 spiro atoms. The van der Waals surface area contributed by atoms with E-state index in [0.29, 0.717) is 103 Å². The van der Waals surface area contributed by atoms with Gasteiger partial charge in [0.1, 0.15) is 30.6 Å². The quantitative estimate of drug-likeness (QED) is 0.0651. The van der Waals surface area contributed by atoms with Gasteiger partial charge >= 0.3 is 0 Å². The molecule has 2 aromatic heterocycles. The molecule has 16 nitrogen and oxygen atoms in total. The maximum atomic E-state index is 15.5. The van der Waals surface area contributed by atoms with E-state index in [4.69, 9.17) is 9.72 Å². The lowest BCUT2D eigenvalue weighted by Gasteiger charge is -2.41. The number of rotatable bonds is 13. The highest BCUT2D eigenvalue weighted by Crippen LogP contribution is 2.43. The number of anilines is 6. The van der Waals surface area contributed by atoms with E-state index >= 15 is 4.39 Å². The van der Waals surface area contributed by atoms with Gasteiger partial charge in [0.25, 0.3) is 0 Å². The van der Waals surface area contributed by atoms with Crippen molar-refractivity contribution in [3.63, 3.8) is 0 Å². The number of nitrogens with zero attached hydrogens (tertiary/aromatic N) is 7. The molecule has 0 radical (unpaired) electrons. The van der Waals surface area contributed by atoms with E-state index in [9.17, 15) is 18.9 Å². The largest absolute Gasteiger partial charge is 0.494 e. The summed E-state index contributed by atoms with van der Waals surface area (Å²) in [5.41, 5.74) is 5.22. The first-order valence-electron chi connectivity index (χ1n) is 23.2. The molecule has 2 atom stereocenters. The number of fused-ring (bicyclic) bond motifs is 1. The molecule has 0 bridgehead atoms. The van der Waals surface area contributed by atoms with Crippen LogP contribution in [0, 0.1) is 5.82 Å². The number of carbonyl (C=O) groups excluding carboxylic acids is 3. The van der Waals surface area contributed by atoms with E-state index in [1.165, 1.54) is 6.07 Å². The first-order valence-corrected chi connectivity index (χ1v) is 26.6. The molecule has 0 aliphatic carbocycles. The summed E-state index contributed by atoms with van der Waals surface area (Å²) in [7, 11) is 0.770. The Labute approximate surface area is 408 Å². The predicted molar refractivity (Wildman–Crippen MR) is 273 cm³/mol. The molecule has 6 aromatic rings. The zero-order valence-corrected chi connectivity index (χ0v) is 41.7. The van der Waals surface area contributed by atoms with Crippen molar-refractivity contribution in [3.8, 4) is 16.9 Å². The molecule has 3 fully saturated rings. The van der Waals surface area contributed by atoms with E-state index in [0.717, 1.165) is 32.9 Å². The molecular formula is C50H56BrFN11O5P. The van der Waals surface area contributed by atoms with E-state index in [1.54, 1.807) is 43.5 Å². The van der Waals surface area contributed by atoms with Gasteiger partial charge in [-0.05, 0) is 115 Å². The summed E-state index contributed by atoms with van der Waals surface area (Å²) in [5, 5.41) is 19.4. The van der Waals surface area contributed by atoms with Crippen LogP contribution in [-0.2, 0) is 26.0 Å². The summed E-state index contributed by atoms with van der Waals surface area (Å²) in [5.74, 6) is 0.437. The Kier molecular flexibility index (Phi) is 13.8.